The lowest BCUT2D eigenvalue weighted by atomic mass is 9.89. The number of hydrogen-bond acceptors (Lipinski definition) is 4. The Labute approximate surface area is 287 Å². The van der Waals surface area contributed by atoms with Gasteiger partial charge in [0.25, 0.3) is 0 Å². The quantitative estimate of drug-likeness (QED) is 0.0647. The van der Waals surface area contributed by atoms with Crippen molar-refractivity contribution >= 4 is 11.6 Å². The molecule has 1 unspecified atom stereocenters. The maximum absolute atomic E-state index is 7.00. The summed E-state index contributed by atoms with van der Waals surface area (Å²) < 4.78 is 19.9. The van der Waals surface area contributed by atoms with Crippen molar-refractivity contribution in [3.05, 3.63) is 124 Å². The van der Waals surface area contributed by atoms with E-state index in [-0.39, 0.29) is 12.0 Å². The highest BCUT2D eigenvalue weighted by Crippen LogP contribution is 2.49. The molecule has 4 nitrogen and oxygen atoms in total. The van der Waals surface area contributed by atoms with Gasteiger partial charge >= 0.3 is 0 Å². The number of aromatic nitrogens is 1. The van der Waals surface area contributed by atoms with Crippen molar-refractivity contribution in [2.75, 3.05) is 6.61 Å². The smallest absolute Gasteiger partial charge is 0.224 e. The van der Waals surface area contributed by atoms with Crippen LogP contribution in [0.5, 0.6) is 11.6 Å². The lowest BCUT2D eigenvalue weighted by molar-refractivity contribution is 0.0250. The molecule has 0 fully saturated rings. The third-order valence-electron chi connectivity index (χ3n) is 9.22. The van der Waals surface area contributed by atoms with Crippen molar-refractivity contribution < 1.29 is 14.2 Å². The van der Waals surface area contributed by atoms with Gasteiger partial charge in [-0.25, -0.2) is 4.98 Å². The van der Waals surface area contributed by atoms with Gasteiger partial charge < -0.3 is 14.2 Å². The average Bonchev–Trinajstić information content (AvgIpc) is 3.10. The van der Waals surface area contributed by atoms with Crippen LogP contribution in [0.2, 0.25) is 5.15 Å². The van der Waals surface area contributed by atoms with Gasteiger partial charge in [-0.2, -0.15) is 0 Å². The van der Waals surface area contributed by atoms with Crippen LogP contribution in [0, 0.1) is 11.8 Å². The van der Waals surface area contributed by atoms with Gasteiger partial charge in [-0.3, -0.25) is 0 Å². The molecule has 5 rings (SSSR count). The highest BCUT2D eigenvalue weighted by molar-refractivity contribution is 6.32. The van der Waals surface area contributed by atoms with Crippen molar-refractivity contribution in [3.8, 4) is 22.8 Å². The highest BCUT2D eigenvalue weighted by Gasteiger charge is 2.34. The Bertz CT molecular complexity index is 1540. The normalized spacial score (nSPS) is 16.8. The van der Waals surface area contributed by atoms with Crippen molar-refractivity contribution in [1.82, 2.24) is 4.98 Å². The van der Waals surface area contributed by atoms with Crippen LogP contribution in [-0.2, 0) is 18.0 Å². The number of hydrogen-bond donors (Lipinski definition) is 0. The summed E-state index contributed by atoms with van der Waals surface area (Å²) in [7, 11) is 0. The molecule has 248 valence electrons. The fourth-order valence-corrected chi connectivity index (χ4v) is 6.56. The zero-order chi connectivity index (χ0) is 32.8. The monoisotopic (exact) mass is 651 g/mol. The van der Waals surface area contributed by atoms with Gasteiger partial charge in [-0.15, -0.1) is 0 Å². The van der Waals surface area contributed by atoms with E-state index in [2.05, 4.69) is 39.0 Å². The molecule has 0 saturated carbocycles. The molecule has 1 aliphatic heterocycles. The minimum absolute atomic E-state index is 0.0963. The Balaban J connectivity index is 1.42. The van der Waals surface area contributed by atoms with Crippen LogP contribution in [0.25, 0.3) is 11.1 Å². The Hall–Kier alpha value is -3.60. The fraction of sp³-hybridized carbons (Fsp3) is 0.405. The topological polar surface area (TPSA) is 40.6 Å². The summed E-state index contributed by atoms with van der Waals surface area (Å²) in [5.41, 5.74) is 5.99. The molecule has 0 aliphatic carbocycles. The van der Waals surface area contributed by atoms with Crippen molar-refractivity contribution in [3.63, 3.8) is 0 Å². The number of pyridine rings is 1. The van der Waals surface area contributed by atoms with E-state index in [1.807, 2.05) is 78.9 Å². The molecule has 0 saturated heterocycles. The van der Waals surface area contributed by atoms with Crippen molar-refractivity contribution in [2.24, 2.45) is 11.8 Å². The Morgan fingerprint density at radius 2 is 1.40 bits per heavy atom. The molecule has 3 aromatic carbocycles. The Morgan fingerprint density at radius 3 is 2.04 bits per heavy atom. The lowest BCUT2D eigenvalue weighted by Crippen LogP contribution is -2.22. The van der Waals surface area contributed by atoms with E-state index in [0.717, 1.165) is 40.2 Å². The predicted molar refractivity (Wildman–Crippen MR) is 194 cm³/mol. The molecular weight excluding hydrogens is 602 g/mol. The first kappa shape index (κ1) is 34.7. The molecule has 3 atom stereocenters. The maximum atomic E-state index is 7.00. The second kappa shape index (κ2) is 18.1. The second-order valence-corrected chi connectivity index (χ2v) is 13.3. The summed E-state index contributed by atoms with van der Waals surface area (Å²) in [6.07, 6.45) is 12.3. The summed E-state index contributed by atoms with van der Waals surface area (Å²) >= 11 is 7.00. The van der Waals surface area contributed by atoms with Crippen LogP contribution in [0.4, 0.5) is 0 Å². The standard InChI is InChI=1S/C42H50ClNO3/c1-4-31(2)19-11-6-5-7-12-24-35-27-32(3)39(45-30-35)38-40(46-28-33-20-13-8-14-21-33)37(36-25-17-10-18-26-36)41(43)44-42(38)47-29-34-22-15-9-16-23-34/h8-10,13-18,20-23,25-27,31-32,39H,4-7,11-12,19,24,28-30H2,1-3H3/t31?,32-,39-/m0/s1. The Morgan fingerprint density at radius 1 is 0.809 bits per heavy atom. The molecule has 0 N–H and O–H groups in total. The van der Waals surface area contributed by atoms with E-state index >= 15 is 0 Å². The minimum atomic E-state index is -0.303. The van der Waals surface area contributed by atoms with Crippen LogP contribution < -0.4 is 9.47 Å². The van der Waals surface area contributed by atoms with Crippen LogP contribution in [0.1, 0.15) is 94.9 Å². The number of ether oxygens (including phenoxy) is 3. The number of unbranched alkanes of at least 4 members (excludes halogenated alkanes) is 4. The first-order chi connectivity index (χ1) is 23.0. The molecule has 1 aliphatic rings. The third kappa shape index (κ3) is 9.95. The van der Waals surface area contributed by atoms with E-state index in [4.69, 9.17) is 30.8 Å². The third-order valence-corrected chi connectivity index (χ3v) is 9.49. The van der Waals surface area contributed by atoms with Gasteiger partial charge in [0.05, 0.1) is 23.8 Å². The van der Waals surface area contributed by atoms with Gasteiger partial charge in [0.2, 0.25) is 5.88 Å². The van der Waals surface area contributed by atoms with Crippen LogP contribution in [0.3, 0.4) is 0 Å². The van der Waals surface area contributed by atoms with E-state index in [9.17, 15) is 0 Å². The first-order valence-corrected chi connectivity index (χ1v) is 17.8. The summed E-state index contributed by atoms with van der Waals surface area (Å²) in [6, 6.07) is 30.4. The van der Waals surface area contributed by atoms with E-state index in [1.165, 1.54) is 50.5 Å². The van der Waals surface area contributed by atoms with Crippen LogP contribution in [-0.4, -0.2) is 11.6 Å². The lowest BCUT2D eigenvalue weighted by Gasteiger charge is -2.32. The van der Waals surface area contributed by atoms with Crippen molar-refractivity contribution in [1.29, 1.82) is 0 Å². The molecule has 0 spiro atoms. The number of halogens is 1. The first-order valence-electron chi connectivity index (χ1n) is 17.5. The van der Waals surface area contributed by atoms with Gasteiger partial charge in [-0.05, 0) is 41.0 Å². The van der Waals surface area contributed by atoms with Crippen LogP contribution >= 0.6 is 11.6 Å². The van der Waals surface area contributed by atoms with Gasteiger partial charge in [0.1, 0.15) is 24.1 Å². The zero-order valence-corrected chi connectivity index (χ0v) is 29.1. The average molecular weight is 652 g/mol. The van der Waals surface area contributed by atoms with Crippen molar-refractivity contribution in [2.45, 2.75) is 91.5 Å². The van der Waals surface area contributed by atoms with E-state index < -0.39 is 0 Å². The molecule has 0 amide bonds. The Kier molecular flexibility index (Phi) is 13.4. The maximum Gasteiger partial charge on any atom is 0.224 e. The molecule has 4 aromatic rings. The second-order valence-electron chi connectivity index (χ2n) is 13.0. The van der Waals surface area contributed by atoms with Gasteiger partial charge in [0, 0.05) is 5.92 Å². The molecule has 0 radical (unpaired) electrons. The molecule has 5 heteroatoms. The zero-order valence-electron chi connectivity index (χ0n) is 28.3. The summed E-state index contributed by atoms with van der Waals surface area (Å²) in [5, 5.41) is 0.343. The minimum Gasteiger partial charge on any atom is -0.488 e. The number of benzene rings is 3. The number of rotatable bonds is 17. The fourth-order valence-electron chi connectivity index (χ4n) is 6.29. The summed E-state index contributed by atoms with van der Waals surface area (Å²) in [4.78, 5) is 4.87. The number of nitrogens with zero attached hydrogens (tertiary/aromatic N) is 1. The van der Waals surface area contributed by atoms with Gasteiger partial charge in [0.15, 0.2) is 0 Å². The van der Waals surface area contributed by atoms with E-state index in [0.29, 0.717) is 36.6 Å². The molecular formula is C42H50ClNO3. The highest BCUT2D eigenvalue weighted by atomic mass is 35.5. The summed E-state index contributed by atoms with van der Waals surface area (Å²) in [6.45, 7) is 8.20. The van der Waals surface area contributed by atoms with Gasteiger partial charge in [-0.1, -0.05) is 168 Å². The molecule has 1 aromatic heterocycles. The van der Waals surface area contributed by atoms with E-state index in [1.54, 1.807) is 0 Å². The predicted octanol–water partition coefficient (Wildman–Crippen LogP) is 12.0. The van der Waals surface area contributed by atoms with Crippen LogP contribution in [0.15, 0.2) is 103 Å². The molecule has 2 heterocycles. The largest absolute Gasteiger partial charge is 0.488 e. The molecule has 0 bridgehead atoms. The SMILES string of the molecule is CCC(C)CCCCCCCC1=C[C@H](C)[C@@H](c2c(OCc3ccccc3)nc(Cl)c(-c3ccccc3)c2OCc2ccccc2)OC1. The summed E-state index contributed by atoms with van der Waals surface area (Å²) in [5.74, 6) is 2.06. The molecule has 47 heavy (non-hydrogen) atoms.